The molecule has 2 fully saturated rings. The number of aliphatic hydroxyl groups is 1. The van der Waals surface area contributed by atoms with E-state index in [1.165, 1.54) is 32.1 Å². The number of carbonyl (C=O) groups excluding carboxylic acids is 1. The summed E-state index contributed by atoms with van der Waals surface area (Å²) in [4.78, 5) is 11.8. The van der Waals surface area contributed by atoms with Crippen LogP contribution in [0.4, 0.5) is 4.79 Å². The van der Waals surface area contributed by atoms with Crippen LogP contribution in [0.5, 0.6) is 0 Å². The lowest BCUT2D eigenvalue weighted by Crippen LogP contribution is -2.42. The third kappa shape index (κ3) is 6.13. The molecule has 0 saturated heterocycles. The van der Waals surface area contributed by atoms with Gasteiger partial charge in [-0.25, -0.2) is 4.79 Å². The second-order valence-electron chi connectivity index (χ2n) is 7.34. The molecule has 0 aliphatic heterocycles. The molecule has 3 atom stereocenters. The molecular formula is C17H32N2O3. The molecule has 0 bridgehead atoms. The number of rotatable bonds is 8. The smallest absolute Gasteiger partial charge is 0.315 e. The molecule has 22 heavy (non-hydrogen) atoms. The van der Waals surface area contributed by atoms with Crippen LogP contribution >= 0.6 is 0 Å². The summed E-state index contributed by atoms with van der Waals surface area (Å²) in [5, 5.41) is 15.5. The molecule has 0 aromatic heterocycles. The summed E-state index contributed by atoms with van der Waals surface area (Å²) in [6.45, 7) is 5.28. The van der Waals surface area contributed by atoms with Crippen molar-refractivity contribution < 1.29 is 14.6 Å². The van der Waals surface area contributed by atoms with Crippen molar-refractivity contribution in [2.24, 2.45) is 17.8 Å². The van der Waals surface area contributed by atoms with E-state index in [-0.39, 0.29) is 19.2 Å². The van der Waals surface area contributed by atoms with Gasteiger partial charge in [-0.1, -0.05) is 46.0 Å². The van der Waals surface area contributed by atoms with E-state index < -0.39 is 6.10 Å². The molecule has 2 amide bonds. The number of carbonyl (C=O) groups is 1. The lowest BCUT2D eigenvalue weighted by atomic mass is 9.85. The molecule has 128 valence electrons. The van der Waals surface area contributed by atoms with E-state index in [9.17, 15) is 9.90 Å². The third-order valence-electron chi connectivity index (χ3n) is 4.67. The molecule has 2 aliphatic carbocycles. The molecule has 0 radical (unpaired) electrons. The Labute approximate surface area is 134 Å². The summed E-state index contributed by atoms with van der Waals surface area (Å²) in [6.07, 6.45) is 7.22. The van der Waals surface area contributed by atoms with Crippen LogP contribution in [-0.4, -0.2) is 43.0 Å². The quantitative estimate of drug-likeness (QED) is 0.644. The van der Waals surface area contributed by atoms with Gasteiger partial charge in [-0.05, 0) is 24.2 Å². The molecule has 0 spiro atoms. The van der Waals surface area contributed by atoms with Crippen molar-refractivity contribution in [2.45, 2.75) is 64.5 Å². The molecule has 0 aromatic carbocycles. The van der Waals surface area contributed by atoms with Crippen LogP contribution in [0, 0.1) is 17.8 Å². The second-order valence-corrected chi connectivity index (χ2v) is 7.34. The van der Waals surface area contributed by atoms with Crippen LogP contribution in [0.2, 0.25) is 0 Å². The third-order valence-corrected chi connectivity index (χ3v) is 4.67. The van der Waals surface area contributed by atoms with E-state index in [2.05, 4.69) is 24.5 Å². The van der Waals surface area contributed by atoms with Gasteiger partial charge in [0, 0.05) is 19.2 Å². The Balaban J connectivity index is 1.53. The van der Waals surface area contributed by atoms with Crippen LogP contribution < -0.4 is 10.6 Å². The first-order valence-corrected chi connectivity index (χ1v) is 8.86. The van der Waals surface area contributed by atoms with Gasteiger partial charge in [-0.15, -0.1) is 0 Å². The van der Waals surface area contributed by atoms with Gasteiger partial charge in [-0.3, -0.25) is 0 Å². The lowest BCUT2D eigenvalue weighted by molar-refractivity contribution is 0.0272. The Kier molecular flexibility index (Phi) is 6.96. The number of ether oxygens (including phenoxy) is 1. The van der Waals surface area contributed by atoms with Gasteiger partial charge >= 0.3 is 6.03 Å². The Morgan fingerprint density at radius 1 is 1.23 bits per heavy atom. The highest BCUT2D eigenvalue weighted by Gasteiger charge is 2.43. The fraction of sp³-hybridized carbons (Fsp3) is 0.941. The number of nitrogens with one attached hydrogen (secondary N) is 2. The highest BCUT2D eigenvalue weighted by molar-refractivity contribution is 5.74. The summed E-state index contributed by atoms with van der Waals surface area (Å²) in [5.41, 5.74) is 0. The average molecular weight is 312 g/mol. The van der Waals surface area contributed by atoms with E-state index in [1.54, 1.807) is 0 Å². The normalized spacial score (nSPS) is 26.7. The zero-order valence-corrected chi connectivity index (χ0v) is 14.0. The number of hydrogen-bond donors (Lipinski definition) is 3. The van der Waals surface area contributed by atoms with Crippen LogP contribution in [0.15, 0.2) is 0 Å². The van der Waals surface area contributed by atoms with Crippen LogP contribution in [0.1, 0.15) is 52.4 Å². The Hall–Kier alpha value is -0.810. The number of aliphatic hydroxyl groups excluding tert-OH is 1. The van der Waals surface area contributed by atoms with Gasteiger partial charge in [0.15, 0.2) is 0 Å². The first kappa shape index (κ1) is 17.5. The minimum absolute atomic E-state index is 0.161. The Morgan fingerprint density at radius 2 is 1.95 bits per heavy atom. The molecule has 2 rings (SSSR count). The molecule has 5 heteroatoms. The van der Waals surface area contributed by atoms with Gasteiger partial charge < -0.3 is 20.5 Å². The van der Waals surface area contributed by atoms with Gasteiger partial charge in [0.05, 0.1) is 12.7 Å². The van der Waals surface area contributed by atoms with Crippen molar-refractivity contribution in [1.82, 2.24) is 10.6 Å². The van der Waals surface area contributed by atoms with Crippen molar-refractivity contribution in [3.05, 3.63) is 0 Å². The summed E-state index contributed by atoms with van der Waals surface area (Å²) in [6, 6.07) is 0.184. The van der Waals surface area contributed by atoms with E-state index in [0.717, 1.165) is 12.3 Å². The minimum atomic E-state index is -0.641. The predicted molar refractivity (Wildman–Crippen MR) is 86.7 cm³/mol. The molecule has 0 heterocycles. The first-order chi connectivity index (χ1) is 10.6. The van der Waals surface area contributed by atoms with Gasteiger partial charge in [-0.2, -0.15) is 0 Å². The average Bonchev–Trinajstić information content (AvgIpc) is 3.25. The summed E-state index contributed by atoms with van der Waals surface area (Å²) < 4.78 is 5.36. The largest absolute Gasteiger partial charge is 0.389 e. The van der Waals surface area contributed by atoms with E-state index >= 15 is 0 Å². The minimum Gasteiger partial charge on any atom is -0.389 e. The molecule has 3 unspecified atom stereocenters. The highest BCUT2D eigenvalue weighted by atomic mass is 16.5. The number of amides is 2. The monoisotopic (exact) mass is 312 g/mol. The molecule has 3 N–H and O–H groups in total. The highest BCUT2D eigenvalue weighted by Crippen LogP contribution is 2.44. The second kappa shape index (κ2) is 8.73. The fourth-order valence-corrected chi connectivity index (χ4v) is 3.39. The fourth-order valence-electron chi connectivity index (χ4n) is 3.39. The Bertz CT molecular complexity index is 343. The summed E-state index contributed by atoms with van der Waals surface area (Å²) >= 11 is 0. The molecule has 0 aromatic rings. The lowest BCUT2D eigenvalue weighted by Gasteiger charge is -2.21. The van der Waals surface area contributed by atoms with Crippen LogP contribution in [0.3, 0.4) is 0 Å². The first-order valence-electron chi connectivity index (χ1n) is 8.86. The van der Waals surface area contributed by atoms with Crippen molar-refractivity contribution in [3.8, 4) is 0 Å². The SMILES string of the molecule is CC(C)COCC(O)CNC(=O)NC1CC1C1CCCCC1. The van der Waals surface area contributed by atoms with Crippen molar-refractivity contribution in [3.63, 3.8) is 0 Å². The number of urea groups is 1. The summed E-state index contributed by atoms with van der Waals surface area (Å²) in [7, 11) is 0. The molecule has 2 aliphatic rings. The van der Waals surface area contributed by atoms with Crippen LogP contribution in [0.25, 0.3) is 0 Å². The van der Waals surface area contributed by atoms with Crippen molar-refractivity contribution >= 4 is 6.03 Å². The predicted octanol–water partition coefficient (Wildman–Crippen LogP) is 2.29. The zero-order valence-electron chi connectivity index (χ0n) is 14.0. The van der Waals surface area contributed by atoms with E-state index in [1.807, 2.05) is 0 Å². The zero-order chi connectivity index (χ0) is 15.9. The Morgan fingerprint density at radius 3 is 2.64 bits per heavy atom. The van der Waals surface area contributed by atoms with E-state index in [4.69, 9.17) is 4.74 Å². The number of hydrogen-bond acceptors (Lipinski definition) is 3. The standard InChI is InChI=1S/C17H32N2O3/c1-12(2)10-22-11-14(20)9-18-17(21)19-16-8-15(16)13-6-4-3-5-7-13/h12-16,20H,3-11H2,1-2H3,(H2,18,19,21). The molecular weight excluding hydrogens is 280 g/mol. The van der Waals surface area contributed by atoms with Gasteiger partial charge in [0.1, 0.15) is 0 Å². The van der Waals surface area contributed by atoms with Gasteiger partial charge in [0.2, 0.25) is 0 Å². The summed E-state index contributed by atoms with van der Waals surface area (Å²) in [5.74, 6) is 1.95. The molecule has 2 saturated carbocycles. The maximum Gasteiger partial charge on any atom is 0.315 e. The maximum absolute atomic E-state index is 11.8. The van der Waals surface area contributed by atoms with Crippen LogP contribution in [-0.2, 0) is 4.74 Å². The maximum atomic E-state index is 11.8. The van der Waals surface area contributed by atoms with E-state index in [0.29, 0.717) is 24.5 Å². The molecule has 5 nitrogen and oxygen atoms in total. The van der Waals surface area contributed by atoms with Crippen molar-refractivity contribution in [2.75, 3.05) is 19.8 Å². The van der Waals surface area contributed by atoms with Crippen molar-refractivity contribution in [1.29, 1.82) is 0 Å². The topological polar surface area (TPSA) is 70.6 Å². The van der Waals surface area contributed by atoms with Gasteiger partial charge in [0.25, 0.3) is 0 Å².